The summed E-state index contributed by atoms with van der Waals surface area (Å²) in [5, 5.41) is 0.767. The summed E-state index contributed by atoms with van der Waals surface area (Å²) < 4.78 is 10.1. The van der Waals surface area contributed by atoms with E-state index >= 15 is 0 Å². The summed E-state index contributed by atoms with van der Waals surface area (Å²) in [6.07, 6.45) is 3.02. The van der Waals surface area contributed by atoms with Gasteiger partial charge in [-0.1, -0.05) is 29.3 Å². The van der Waals surface area contributed by atoms with Crippen LogP contribution in [0.2, 0.25) is 10.0 Å². The van der Waals surface area contributed by atoms with Crippen molar-refractivity contribution in [3.63, 3.8) is 0 Å². The summed E-state index contributed by atoms with van der Waals surface area (Å²) in [5.74, 6) is 0.418. The molecule has 0 aliphatic rings. The Morgan fingerprint density at radius 1 is 1.29 bits per heavy atom. The molecular weight excluding hydrogens is 225 g/mol. The number of ether oxygens (including phenoxy) is 1. The molecule has 0 aliphatic heterocycles. The topological polar surface area (TPSA) is 35.3 Å². The highest BCUT2D eigenvalue weighted by Crippen LogP contribution is 2.33. The predicted octanol–water partition coefficient (Wildman–Crippen LogP) is 3.77. The summed E-state index contributed by atoms with van der Waals surface area (Å²) in [6, 6.07) is 5.08. The van der Waals surface area contributed by atoms with Gasteiger partial charge in [0.15, 0.2) is 5.75 Å². The van der Waals surface area contributed by atoms with Crippen LogP contribution in [-0.4, -0.2) is 4.98 Å². The second-order valence-corrected chi connectivity index (χ2v) is 3.24. The molecule has 3 nitrogen and oxygen atoms in total. The second-order valence-electron chi connectivity index (χ2n) is 2.45. The number of aromatic nitrogens is 1. The fourth-order valence-corrected chi connectivity index (χ4v) is 1.25. The molecule has 0 radical (unpaired) electrons. The van der Waals surface area contributed by atoms with E-state index in [0.29, 0.717) is 15.8 Å². The van der Waals surface area contributed by atoms with Crippen LogP contribution >= 0.6 is 23.2 Å². The molecule has 5 heteroatoms. The van der Waals surface area contributed by atoms with Crippen LogP contribution in [0.3, 0.4) is 0 Å². The highest BCUT2D eigenvalue weighted by Gasteiger charge is 2.08. The average Bonchev–Trinajstić information content (AvgIpc) is 2.66. The lowest BCUT2D eigenvalue weighted by Gasteiger charge is -2.03. The van der Waals surface area contributed by atoms with Gasteiger partial charge in [0.1, 0.15) is 11.3 Å². The molecule has 2 rings (SSSR count). The molecule has 0 bridgehead atoms. The van der Waals surface area contributed by atoms with Crippen LogP contribution in [0.5, 0.6) is 11.8 Å². The summed E-state index contributed by atoms with van der Waals surface area (Å²) in [5.41, 5.74) is 0. The van der Waals surface area contributed by atoms with Crippen molar-refractivity contribution in [1.82, 2.24) is 4.98 Å². The van der Waals surface area contributed by atoms with Crippen molar-refractivity contribution in [2.75, 3.05) is 0 Å². The lowest BCUT2D eigenvalue weighted by atomic mass is 10.3. The van der Waals surface area contributed by atoms with Crippen LogP contribution in [0.1, 0.15) is 0 Å². The molecule has 0 unspecified atom stereocenters. The van der Waals surface area contributed by atoms with Crippen molar-refractivity contribution in [3.8, 4) is 11.8 Å². The largest absolute Gasteiger partial charge is 0.417 e. The van der Waals surface area contributed by atoms with Crippen molar-refractivity contribution in [1.29, 1.82) is 0 Å². The van der Waals surface area contributed by atoms with E-state index in [-0.39, 0.29) is 6.08 Å². The first-order chi connectivity index (χ1) is 6.77. The zero-order chi connectivity index (χ0) is 9.97. The Hall–Kier alpha value is -1.19. The van der Waals surface area contributed by atoms with Gasteiger partial charge in [-0.2, -0.15) is 4.98 Å². The SMILES string of the molecule is Clc1cccc(Oc2ncco2)c1Cl. The van der Waals surface area contributed by atoms with E-state index < -0.39 is 0 Å². The molecule has 1 aromatic heterocycles. The molecule has 14 heavy (non-hydrogen) atoms. The number of hydrogen-bond donors (Lipinski definition) is 0. The van der Waals surface area contributed by atoms with E-state index in [0.717, 1.165) is 0 Å². The standard InChI is InChI=1S/C9H5Cl2NO2/c10-6-2-1-3-7(8(6)11)14-9-12-4-5-13-9/h1-5H. The maximum atomic E-state index is 5.88. The van der Waals surface area contributed by atoms with Crippen molar-refractivity contribution < 1.29 is 9.15 Å². The minimum Gasteiger partial charge on any atom is -0.417 e. The van der Waals surface area contributed by atoms with Gasteiger partial charge in [-0.05, 0) is 12.1 Å². The number of rotatable bonds is 2. The highest BCUT2D eigenvalue weighted by molar-refractivity contribution is 6.42. The van der Waals surface area contributed by atoms with Gasteiger partial charge >= 0.3 is 6.08 Å². The van der Waals surface area contributed by atoms with Crippen LogP contribution in [0.25, 0.3) is 0 Å². The zero-order valence-corrected chi connectivity index (χ0v) is 8.42. The fraction of sp³-hybridized carbons (Fsp3) is 0. The maximum absolute atomic E-state index is 5.88. The van der Waals surface area contributed by atoms with Crippen molar-refractivity contribution in [2.24, 2.45) is 0 Å². The second kappa shape index (κ2) is 3.90. The van der Waals surface area contributed by atoms with Gasteiger partial charge in [0.25, 0.3) is 0 Å². The lowest BCUT2D eigenvalue weighted by Crippen LogP contribution is -1.84. The summed E-state index contributed by atoms with van der Waals surface area (Å²) in [7, 11) is 0. The molecule has 72 valence electrons. The van der Waals surface area contributed by atoms with Gasteiger partial charge < -0.3 is 9.15 Å². The van der Waals surface area contributed by atoms with Gasteiger partial charge in [-0.25, -0.2) is 0 Å². The monoisotopic (exact) mass is 229 g/mol. The molecule has 0 N–H and O–H groups in total. The molecule has 1 aromatic carbocycles. The number of hydrogen-bond acceptors (Lipinski definition) is 3. The van der Waals surface area contributed by atoms with Crippen LogP contribution in [-0.2, 0) is 0 Å². The molecule has 0 amide bonds. The first kappa shape index (κ1) is 9.37. The molecule has 0 saturated carbocycles. The Kier molecular flexibility index (Phi) is 2.61. The van der Waals surface area contributed by atoms with E-state index in [1.807, 2.05) is 0 Å². The van der Waals surface area contributed by atoms with Gasteiger partial charge in [-0.3, -0.25) is 0 Å². The van der Waals surface area contributed by atoms with E-state index in [9.17, 15) is 0 Å². The van der Waals surface area contributed by atoms with Crippen molar-refractivity contribution in [2.45, 2.75) is 0 Å². The van der Waals surface area contributed by atoms with Crippen molar-refractivity contribution in [3.05, 3.63) is 40.7 Å². The fourth-order valence-electron chi connectivity index (χ4n) is 0.918. The lowest BCUT2D eigenvalue weighted by molar-refractivity contribution is 0.331. The summed E-state index contributed by atoms with van der Waals surface area (Å²) in [6.45, 7) is 0. The van der Waals surface area contributed by atoms with Crippen LogP contribution < -0.4 is 4.74 Å². The van der Waals surface area contributed by atoms with Gasteiger partial charge in [0.2, 0.25) is 0 Å². The molecule has 0 atom stereocenters. The first-order valence-electron chi connectivity index (χ1n) is 3.79. The van der Waals surface area contributed by atoms with E-state index in [1.165, 1.54) is 12.5 Å². The third-order valence-electron chi connectivity index (χ3n) is 1.52. The molecule has 1 heterocycles. The van der Waals surface area contributed by atoms with E-state index in [2.05, 4.69) is 4.98 Å². The first-order valence-corrected chi connectivity index (χ1v) is 4.54. The Labute approximate surface area is 90.2 Å². The third kappa shape index (κ3) is 1.84. The Bertz CT molecular complexity index is 428. The van der Waals surface area contributed by atoms with E-state index in [1.54, 1.807) is 18.2 Å². The molecular formula is C9H5Cl2NO2. The van der Waals surface area contributed by atoms with Crippen LogP contribution in [0, 0.1) is 0 Å². The average molecular weight is 230 g/mol. The number of benzene rings is 1. The normalized spacial score (nSPS) is 10.1. The molecule has 0 fully saturated rings. The predicted molar refractivity (Wildman–Crippen MR) is 53.0 cm³/mol. The quantitative estimate of drug-likeness (QED) is 0.787. The van der Waals surface area contributed by atoms with Gasteiger partial charge in [0, 0.05) is 0 Å². The minimum atomic E-state index is 0.133. The van der Waals surface area contributed by atoms with E-state index in [4.69, 9.17) is 32.4 Å². The highest BCUT2D eigenvalue weighted by atomic mass is 35.5. The molecule has 0 aliphatic carbocycles. The Balaban J connectivity index is 2.29. The maximum Gasteiger partial charge on any atom is 0.399 e. The Morgan fingerprint density at radius 2 is 2.14 bits per heavy atom. The number of halogens is 2. The molecule has 0 spiro atoms. The minimum absolute atomic E-state index is 0.133. The molecule has 2 aromatic rings. The van der Waals surface area contributed by atoms with Crippen LogP contribution in [0.4, 0.5) is 0 Å². The van der Waals surface area contributed by atoms with Crippen molar-refractivity contribution >= 4 is 23.2 Å². The number of oxazole rings is 1. The zero-order valence-electron chi connectivity index (χ0n) is 6.91. The Morgan fingerprint density at radius 3 is 2.86 bits per heavy atom. The van der Waals surface area contributed by atoms with Gasteiger partial charge in [-0.15, -0.1) is 0 Å². The summed E-state index contributed by atoms with van der Waals surface area (Å²) in [4.78, 5) is 3.79. The third-order valence-corrected chi connectivity index (χ3v) is 2.32. The number of nitrogens with zero attached hydrogens (tertiary/aromatic N) is 1. The smallest absolute Gasteiger partial charge is 0.399 e. The van der Waals surface area contributed by atoms with Gasteiger partial charge in [0.05, 0.1) is 11.2 Å². The molecule has 0 saturated heterocycles. The summed E-state index contributed by atoms with van der Waals surface area (Å²) >= 11 is 11.7. The van der Waals surface area contributed by atoms with Crippen LogP contribution in [0.15, 0.2) is 35.1 Å².